The molecule has 1 atom stereocenters. The lowest BCUT2D eigenvalue weighted by molar-refractivity contribution is -0.145. The molecule has 0 spiro atoms. The smallest absolute Gasteiger partial charge is 0.331 e. The third-order valence-electron chi connectivity index (χ3n) is 2.98. The second kappa shape index (κ2) is 7.41. The number of benzene rings is 1. The molecule has 1 rings (SSSR count). The molecule has 0 bridgehead atoms. The number of carboxylic acids is 1. The maximum Gasteiger partial charge on any atom is 0.331 e. The number of nitrogens with two attached hydrogens (primary N) is 1. The van der Waals surface area contributed by atoms with Gasteiger partial charge < -0.3 is 26.2 Å². The highest BCUT2D eigenvalue weighted by Gasteiger charge is 2.35. The molecule has 3 amide bonds. The summed E-state index contributed by atoms with van der Waals surface area (Å²) in [5.74, 6) is -1.72. The van der Waals surface area contributed by atoms with E-state index in [4.69, 9.17) is 10.5 Å². The molecule has 0 aromatic heterocycles. The number of hydrogen-bond acceptors (Lipinski definition) is 4. The summed E-state index contributed by atoms with van der Waals surface area (Å²) in [7, 11) is 1.36. The van der Waals surface area contributed by atoms with Gasteiger partial charge in [-0.3, -0.25) is 4.79 Å². The van der Waals surface area contributed by atoms with Crippen molar-refractivity contribution in [1.29, 1.82) is 0 Å². The van der Waals surface area contributed by atoms with E-state index in [1.807, 2.05) is 0 Å². The number of urea groups is 1. The summed E-state index contributed by atoms with van der Waals surface area (Å²) in [5.41, 5.74) is 4.50. The van der Waals surface area contributed by atoms with Gasteiger partial charge in [0.2, 0.25) is 0 Å². The first kappa shape index (κ1) is 17.4. The van der Waals surface area contributed by atoms with Gasteiger partial charge in [-0.25, -0.2) is 9.59 Å². The number of primary amides is 1. The molecular weight excluding hydrogens is 290 g/mol. The van der Waals surface area contributed by atoms with Gasteiger partial charge in [0.15, 0.2) is 5.54 Å². The number of amides is 3. The summed E-state index contributed by atoms with van der Waals surface area (Å²) < 4.78 is 4.83. The standard InChI is InChI=1S/C14H19N3O5/c1-14(8-22-2,12(19)20)17-11(18)10-5-3-9(4-6-10)7-16-13(15)21/h3-6H,7-8H2,1-2H3,(H,17,18)(H,19,20)(H3,15,16,21). The van der Waals surface area contributed by atoms with Gasteiger partial charge in [-0.2, -0.15) is 0 Å². The first-order valence-electron chi connectivity index (χ1n) is 6.45. The number of nitrogens with one attached hydrogen (secondary N) is 2. The van der Waals surface area contributed by atoms with Gasteiger partial charge in [-0.05, 0) is 24.6 Å². The maximum atomic E-state index is 12.1. The van der Waals surface area contributed by atoms with Gasteiger partial charge in [0.25, 0.3) is 5.91 Å². The molecule has 0 heterocycles. The van der Waals surface area contributed by atoms with Crippen LogP contribution in [-0.4, -0.2) is 42.3 Å². The Bertz CT molecular complexity index is 558. The van der Waals surface area contributed by atoms with Gasteiger partial charge in [-0.15, -0.1) is 0 Å². The van der Waals surface area contributed by atoms with Crippen molar-refractivity contribution in [3.8, 4) is 0 Å². The van der Waals surface area contributed by atoms with Crippen LogP contribution in [0.1, 0.15) is 22.8 Å². The fourth-order valence-corrected chi connectivity index (χ4v) is 1.73. The Morgan fingerprint density at radius 1 is 1.27 bits per heavy atom. The van der Waals surface area contributed by atoms with E-state index in [-0.39, 0.29) is 13.2 Å². The van der Waals surface area contributed by atoms with Crippen molar-refractivity contribution in [1.82, 2.24) is 10.6 Å². The Morgan fingerprint density at radius 2 is 1.86 bits per heavy atom. The summed E-state index contributed by atoms with van der Waals surface area (Å²) in [5, 5.41) is 14.0. The van der Waals surface area contributed by atoms with Crippen molar-refractivity contribution >= 4 is 17.9 Å². The highest BCUT2D eigenvalue weighted by Crippen LogP contribution is 2.09. The Balaban J connectivity index is 2.77. The number of methoxy groups -OCH3 is 1. The zero-order valence-corrected chi connectivity index (χ0v) is 12.4. The first-order chi connectivity index (χ1) is 10.3. The summed E-state index contributed by atoms with van der Waals surface area (Å²) in [4.78, 5) is 33.9. The lowest BCUT2D eigenvalue weighted by atomic mass is 10.0. The lowest BCUT2D eigenvalue weighted by Gasteiger charge is -2.25. The summed E-state index contributed by atoms with van der Waals surface area (Å²) in [6, 6.07) is 5.70. The minimum Gasteiger partial charge on any atom is -0.479 e. The van der Waals surface area contributed by atoms with Crippen LogP contribution in [0.4, 0.5) is 4.79 Å². The number of carbonyl (C=O) groups excluding carboxylic acids is 2. The van der Waals surface area contributed by atoms with Crippen LogP contribution in [0, 0.1) is 0 Å². The largest absolute Gasteiger partial charge is 0.479 e. The van der Waals surface area contributed by atoms with E-state index >= 15 is 0 Å². The average Bonchev–Trinajstić information content (AvgIpc) is 2.45. The SMILES string of the molecule is COCC(C)(NC(=O)c1ccc(CNC(N)=O)cc1)C(=O)O. The number of ether oxygens (including phenoxy) is 1. The Morgan fingerprint density at radius 3 is 2.32 bits per heavy atom. The highest BCUT2D eigenvalue weighted by molar-refractivity contribution is 5.97. The minimum atomic E-state index is -1.52. The van der Waals surface area contributed by atoms with E-state index in [9.17, 15) is 19.5 Å². The third kappa shape index (κ3) is 4.74. The summed E-state index contributed by atoms with van der Waals surface area (Å²) >= 11 is 0. The number of carboxylic acid groups (broad SMARTS) is 1. The topological polar surface area (TPSA) is 131 Å². The molecule has 120 valence electrons. The van der Waals surface area contributed by atoms with Crippen LogP contribution in [0.5, 0.6) is 0 Å². The van der Waals surface area contributed by atoms with E-state index in [0.29, 0.717) is 5.56 Å². The molecule has 0 aliphatic heterocycles. The van der Waals surface area contributed by atoms with E-state index in [1.54, 1.807) is 12.1 Å². The molecule has 0 saturated carbocycles. The molecule has 1 aromatic rings. The highest BCUT2D eigenvalue weighted by atomic mass is 16.5. The van der Waals surface area contributed by atoms with Gasteiger partial charge in [0, 0.05) is 19.2 Å². The van der Waals surface area contributed by atoms with Crippen LogP contribution < -0.4 is 16.4 Å². The van der Waals surface area contributed by atoms with Gasteiger partial charge in [-0.1, -0.05) is 12.1 Å². The Labute approximate surface area is 127 Å². The van der Waals surface area contributed by atoms with Crippen molar-refractivity contribution in [3.05, 3.63) is 35.4 Å². The van der Waals surface area contributed by atoms with Crippen LogP contribution in [0.25, 0.3) is 0 Å². The predicted molar refractivity (Wildman–Crippen MR) is 78.2 cm³/mol. The van der Waals surface area contributed by atoms with E-state index in [0.717, 1.165) is 5.56 Å². The molecule has 0 fully saturated rings. The van der Waals surface area contributed by atoms with Crippen LogP contribution in [0.3, 0.4) is 0 Å². The average molecular weight is 309 g/mol. The quantitative estimate of drug-likeness (QED) is 0.566. The molecule has 8 heteroatoms. The van der Waals surface area contributed by atoms with Gasteiger partial charge in [0.05, 0.1) is 6.61 Å². The van der Waals surface area contributed by atoms with Crippen molar-refractivity contribution in [2.45, 2.75) is 19.0 Å². The van der Waals surface area contributed by atoms with Crippen LogP contribution in [0.15, 0.2) is 24.3 Å². The molecule has 5 N–H and O–H groups in total. The monoisotopic (exact) mass is 309 g/mol. The number of carbonyl (C=O) groups is 3. The molecule has 8 nitrogen and oxygen atoms in total. The van der Waals surface area contributed by atoms with E-state index in [1.165, 1.54) is 26.2 Å². The Hall–Kier alpha value is -2.61. The molecule has 22 heavy (non-hydrogen) atoms. The van der Waals surface area contributed by atoms with Gasteiger partial charge >= 0.3 is 12.0 Å². The third-order valence-corrected chi connectivity index (χ3v) is 2.98. The number of rotatable bonds is 7. The van der Waals surface area contributed by atoms with Crippen molar-refractivity contribution < 1.29 is 24.2 Å². The second-order valence-corrected chi connectivity index (χ2v) is 4.94. The van der Waals surface area contributed by atoms with Crippen molar-refractivity contribution in [2.75, 3.05) is 13.7 Å². The first-order valence-corrected chi connectivity index (χ1v) is 6.45. The van der Waals surface area contributed by atoms with Gasteiger partial charge in [0.1, 0.15) is 0 Å². The molecule has 0 aliphatic rings. The van der Waals surface area contributed by atoms with Crippen LogP contribution in [-0.2, 0) is 16.1 Å². The zero-order valence-electron chi connectivity index (χ0n) is 12.4. The fraction of sp³-hybridized carbons (Fsp3) is 0.357. The van der Waals surface area contributed by atoms with E-state index in [2.05, 4.69) is 10.6 Å². The number of aliphatic carboxylic acids is 1. The summed E-state index contributed by atoms with van der Waals surface area (Å²) in [6.45, 7) is 1.45. The predicted octanol–water partition coefficient (Wildman–Crippen LogP) is 0.0744. The van der Waals surface area contributed by atoms with Crippen LogP contribution in [0.2, 0.25) is 0 Å². The molecule has 0 radical (unpaired) electrons. The van der Waals surface area contributed by atoms with Crippen molar-refractivity contribution in [3.63, 3.8) is 0 Å². The fourth-order valence-electron chi connectivity index (χ4n) is 1.73. The molecular formula is C14H19N3O5. The molecule has 1 aromatic carbocycles. The second-order valence-electron chi connectivity index (χ2n) is 4.94. The maximum absolute atomic E-state index is 12.1. The Kier molecular flexibility index (Phi) is 5.88. The molecule has 0 saturated heterocycles. The van der Waals surface area contributed by atoms with E-state index < -0.39 is 23.4 Å². The molecule has 1 unspecified atom stereocenters. The van der Waals surface area contributed by atoms with Crippen LogP contribution >= 0.6 is 0 Å². The normalized spacial score (nSPS) is 13.0. The molecule has 0 aliphatic carbocycles. The zero-order chi connectivity index (χ0) is 16.8. The van der Waals surface area contributed by atoms with Crippen molar-refractivity contribution in [2.24, 2.45) is 5.73 Å². The summed E-state index contributed by atoms with van der Waals surface area (Å²) in [6.07, 6.45) is 0. The number of hydrogen-bond donors (Lipinski definition) is 4. The lowest BCUT2D eigenvalue weighted by Crippen LogP contribution is -2.55. The minimum absolute atomic E-state index is 0.158.